The molecule has 0 aliphatic rings. The summed E-state index contributed by atoms with van der Waals surface area (Å²) in [6, 6.07) is 11.5. The lowest BCUT2D eigenvalue weighted by molar-refractivity contribution is -0.864. The second-order valence-electron chi connectivity index (χ2n) is 8.76. The van der Waals surface area contributed by atoms with Crippen molar-refractivity contribution in [3.63, 3.8) is 0 Å². The van der Waals surface area contributed by atoms with E-state index in [1.165, 1.54) is 16.7 Å². The zero-order valence-electron chi connectivity index (χ0n) is 16.2. The van der Waals surface area contributed by atoms with Crippen LogP contribution in [0.25, 0.3) is 21.8 Å². The molecular formula is C22H30N3O+. The van der Waals surface area contributed by atoms with Crippen LogP contribution in [-0.2, 0) is 6.42 Å². The van der Waals surface area contributed by atoms with Gasteiger partial charge in [0.15, 0.2) is 0 Å². The van der Waals surface area contributed by atoms with Gasteiger partial charge in [0.05, 0.1) is 16.5 Å². The molecule has 0 radical (unpaired) electrons. The molecule has 1 heterocycles. The van der Waals surface area contributed by atoms with Gasteiger partial charge in [0.2, 0.25) is 0 Å². The van der Waals surface area contributed by atoms with E-state index >= 15 is 0 Å². The summed E-state index contributed by atoms with van der Waals surface area (Å²) in [6.45, 7) is 9.19. The molecule has 0 spiro atoms. The van der Waals surface area contributed by atoms with E-state index in [0.717, 1.165) is 23.6 Å². The third kappa shape index (κ3) is 3.69. The van der Waals surface area contributed by atoms with Gasteiger partial charge in [-0.15, -0.1) is 0 Å². The van der Waals surface area contributed by atoms with E-state index in [-0.39, 0.29) is 0 Å². The number of nitrogens with two attached hydrogens (primary N) is 2. The Hall–Kier alpha value is -2.49. The minimum atomic E-state index is 0.358. The van der Waals surface area contributed by atoms with Gasteiger partial charge in [0, 0.05) is 22.6 Å². The molecule has 2 aromatic carbocycles. The van der Waals surface area contributed by atoms with Crippen molar-refractivity contribution in [2.24, 2.45) is 11.3 Å². The van der Waals surface area contributed by atoms with Crippen LogP contribution in [0.3, 0.4) is 0 Å². The number of hydrogen-bond donors (Lipinski definition) is 3. The van der Waals surface area contributed by atoms with Crippen molar-refractivity contribution in [3.05, 3.63) is 42.0 Å². The molecule has 26 heavy (non-hydrogen) atoms. The van der Waals surface area contributed by atoms with Crippen LogP contribution in [0.5, 0.6) is 0 Å². The average Bonchev–Trinajstić information content (AvgIpc) is 2.56. The number of aromatic nitrogens is 1. The molecule has 1 aromatic heterocycles. The van der Waals surface area contributed by atoms with Crippen molar-refractivity contribution in [2.45, 2.75) is 47.0 Å². The van der Waals surface area contributed by atoms with Gasteiger partial charge in [0.25, 0.3) is 11.0 Å². The minimum absolute atomic E-state index is 0.358. The lowest BCUT2D eigenvalue weighted by atomic mass is 9.83. The zero-order valence-corrected chi connectivity index (χ0v) is 16.2. The first kappa shape index (κ1) is 18.3. The number of rotatable bonds is 4. The van der Waals surface area contributed by atoms with Crippen LogP contribution >= 0.6 is 0 Å². The van der Waals surface area contributed by atoms with E-state index in [2.05, 4.69) is 39.8 Å². The Kier molecular flexibility index (Phi) is 4.70. The molecule has 1 atom stereocenters. The molecular weight excluding hydrogens is 322 g/mol. The Morgan fingerprint density at radius 3 is 2.42 bits per heavy atom. The second kappa shape index (κ2) is 6.67. The molecule has 0 aliphatic heterocycles. The van der Waals surface area contributed by atoms with Gasteiger partial charge in [-0.1, -0.05) is 33.8 Å². The van der Waals surface area contributed by atoms with Crippen molar-refractivity contribution in [1.29, 1.82) is 0 Å². The Labute approximate surface area is 155 Å². The van der Waals surface area contributed by atoms with Crippen molar-refractivity contribution in [2.75, 3.05) is 11.5 Å². The number of hydrogen-bond acceptors (Lipinski definition) is 3. The Morgan fingerprint density at radius 2 is 1.73 bits per heavy atom. The molecule has 0 amide bonds. The maximum absolute atomic E-state index is 10.6. The minimum Gasteiger partial charge on any atom is -0.399 e. The van der Waals surface area contributed by atoms with Gasteiger partial charge in [-0.2, -0.15) is 0 Å². The van der Waals surface area contributed by atoms with E-state index in [4.69, 9.17) is 11.5 Å². The lowest BCUT2D eigenvalue weighted by Crippen LogP contribution is -2.32. The first-order chi connectivity index (χ1) is 12.2. The van der Waals surface area contributed by atoms with Crippen LogP contribution in [0, 0.1) is 11.3 Å². The summed E-state index contributed by atoms with van der Waals surface area (Å²) in [6.07, 6.45) is 3.37. The summed E-state index contributed by atoms with van der Waals surface area (Å²) in [5.41, 5.74) is 16.5. The number of aryl methyl sites for hydroxylation is 1. The highest BCUT2D eigenvalue weighted by atomic mass is 16.5. The Balaban J connectivity index is 1.95. The zero-order chi connectivity index (χ0) is 19.1. The quantitative estimate of drug-likeness (QED) is 0.276. The van der Waals surface area contributed by atoms with Gasteiger partial charge in [-0.05, 0) is 54.4 Å². The smallest absolute Gasteiger partial charge is 0.269 e. The topological polar surface area (TPSA) is 76.2 Å². The first-order valence-electron chi connectivity index (χ1n) is 9.30. The molecule has 3 rings (SSSR count). The predicted octanol–water partition coefficient (Wildman–Crippen LogP) is 4.69. The summed E-state index contributed by atoms with van der Waals surface area (Å²) in [4.78, 5) is 0. The van der Waals surface area contributed by atoms with E-state index in [9.17, 15) is 5.21 Å². The molecule has 4 nitrogen and oxygen atoms in total. The summed E-state index contributed by atoms with van der Waals surface area (Å²) < 4.78 is 1.18. The van der Waals surface area contributed by atoms with Crippen LogP contribution in [0.2, 0.25) is 0 Å². The summed E-state index contributed by atoms with van der Waals surface area (Å²) in [5, 5.41) is 12.3. The number of nitrogen functional groups attached to an aromatic ring is 2. The molecule has 0 bridgehead atoms. The van der Waals surface area contributed by atoms with Crippen LogP contribution in [0.4, 0.5) is 11.4 Å². The van der Waals surface area contributed by atoms with Crippen LogP contribution in [-0.4, -0.2) is 5.21 Å². The number of pyridine rings is 1. The molecule has 0 aliphatic carbocycles. The molecule has 4 heteroatoms. The standard InChI is InChI=1S/C22H29N3O/c1-14(13-22(2,3)4)5-6-15-7-10-19-18(11-15)21(24)17-9-8-16(23)12-20(17)25(19)26/h7-12,14,26H,5-6,13H2,1-4H3,(H3,23,24)/p+1. The number of anilines is 2. The summed E-state index contributed by atoms with van der Waals surface area (Å²) in [5.74, 6) is 0.672. The molecule has 0 saturated heterocycles. The highest BCUT2D eigenvalue weighted by molar-refractivity contribution is 6.04. The van der Waals surface area contributed by atoms with E-state index < -0.39 is 0 Å². The fraction of sp³-hybridized carbons (Fsp3) is 0.409. The van der Waals surface area contributed by atoms with Crippen LogP contribution in [0.1, 0.15) is 46.1 Å². The van der Waals surface area contributed by atoms with Crippen molar-refractivity contribution < 1.29 is 9.94 Å². The van der Waals surface area contributed by atoms with E-state index in [1.807, 2.05) is 18.2 Å². The molecule has 3 aromatic rings. The number of nitrogens with zero attached hydrogens (tertiary/aromatic N) is 1. The highest BCUT2D eigenvalue weighted by Gasteiger charge is 2.20. The van der Waals surface area contributed by atoms with Crippen molar-refractivity contribution in [3.8, 4) is 0 Å². The maximum atomic E-state index is 10.6. The maximum Gasteiger partial charge on any atom is 0.269 e. The van der Waals surface area contributed by atoms with Gasteiger partial charge in [0.1, 0.15) is 0 Å². The normalized spacial score (nSPS) is 13.4. The summed E-state index contributed by atoms with van der Waals surface area (Å²) in [7, 11) is 0. The van der Waals surface area contributed by atoms with Crippen molar-refractivity contribution in [1.82, 2.24) is 0 Å². The van der Waals surface area contributed by atoms with E-state index in [0.29, 0.717) is 33.7 Å². The van der Waals surface area contributed by atoms with Crippen LogP contribution < -0.4 is 16.2 Å². The predicted molar refractivity (Wildman–Crippen MR) is 109 cm³/mol. The van der Waals surface area contributed by atoms with Gasteiger partial charge in [-0.3, -0.25) is 5.21 Å². The molecule has 0 saturated carbocycles. The first-order valence-corrected chi connectivity index (χ1v) is 9.30. The third-order valence-electron chi connectivity index (χ3n) is 5.01. The fourth-order valence-corrected chi connectivity index (χ4v) is 3.93. The molecule has 5 N–H and O–H groups in total. The molecule has 0 fully saturated rings. The molecule has 1 unspecified atom stereocenters. The van der Waals surface area contributed by atoms with Gasteiger partial charge in [-0.25, -0.2) is 0 Å². The van der Waals surface area contributed by atoms with Gasteiger partial charge >= 0.3 is 0 Å². The average molecular weight is 353 g/mol. The Morgan fingerprint density at radius 1 is 1.00 bits per heavy atom. The van der Waals surface area contributed by atoms with Crippen molar-refractivity contribution >= 4 is 33.2 Å². The van der Waals surface area contributed by atoms with Gasteiger partial charge < -0.3 is 11.5 Å². The summed E-state index contributed by atoms with van der Waals surface area (Å²) >= 11 is 0. The second-order valence-corrected chi connectivity index (χ2v) is 8.76. The number of fused-ring (bicyclic) bond motifs is 2. The van der Waals surface area contributed by atoms with E-state index in [1.54, 1.807) is 6.07 Å². The lowest BCUT2D eigenvalue weighted by Gasteiger charge is -2.23. The Bertz CT molecular complexity index is 957. The van der Waals surface area contributed by atoms with Crippen LogP contribution in [0.15, 0.2) is 36.4 Å². The fourth-order valence-electron chi connectivity index (χ4n) is 3.93. The monoisotopic (exact) mass is 352 g/mol. The number of benzene rings is 2. The SMILES string of the molecule is CC(CCc1ccc2c(c1)c(N)c1ccc(N)cc1[n+]2O)CC(C)(C)C. The largest absolute Gasteiger partial charge is 0.399 e. The third-order valence-corrected chi connectivity index (χ3v) is 5.01. The molecule has 138 valence electrons. The highest BCUT2D eigenvalue weighted by Crippen LogP contribution is 2.30.